The first-order valence-corrected chi connectivity index (χ1v) is 11.3. The Morgan fingerprint density at radius 1 is 1.03 bits per heavy atom. The Balaban J connectivity index is 1.26. The summed E-state index contributed by atoms with van der Waals surface area (Å²) in [5, 5.41) is 3.32. The first kappa shape index (κ1) is 23.1. The highest BCUT2D eigenvalue weighted by atomic mass is 35.5. The van der Waals surface area contributed by atoms with Crippen molar-refractivity contribution in [1.29, 1.82) is 0 Å². The van der Waals surface area contributed by atoms with E-state index in [1.54, 1.807) is 30.0 Å². The Morgan fingerprint density at radius 3 is 2.39 bits per heavy atom. The van der Waals surface area contributed by atoms with E-state index >= 15 is 0 Å². The fraction of sp³-hybridized carbons (Fsp3) is 0.375. The Hall–Kier alpha value is -3.10. The Labute approximate surface area is 198 Å². The molecule has 1 atom stereocenters. The molecular weight excluding hydrogens is 444 g/mol. The Morgan fingerprint density at radius 2 is 1.70 bits per heavy atom. The van der Waals surface area contributed by atoms with E-state index in [1.807, 2.05) is 36.4 Å². The third kappa shape index (κ3) is 4.96. The molecule has 4 amide bonds. The summed E-state index contributed by atoms with van der Waals surface area (Å²) in [6.45, 7) is 5.07. The number of rotatable bonds is 7. The van der Waals surface area contributed by atoms with Gasteiger partial charge in [-0.05, 0) is 24.6 Å². The first-order chi connectivity index (χ1) is 15.9. The smallest absolute Gasteiger partial charge is 0.325 e. The fourth-order valence-electron chi connectivity index (χ4n) is 4.11. The summed E-state index contributed by atoms with van der Waals surface area (Å²) in [6.07, 6.45) is 0. The maximum absolute atomic E-state index is 13.0. The van der Waals surface area contributed by atoms with E-state index in [0.29, 0.717) is 49.1 Å². The lowest BCUT2D eigenvalue weighted by Crippen LogP contribution is -2.52. The number of piperazine rings is 1. The van der Waals surface area contributed by atoms with E-state index in [-0.39, 0.29) is 12.5 Å². The van der Waals surface area contributed by atoms with E-state index in [4.69, 9.17) is 16.3 Å². The molecule has 1 unspecified atom stereocenters. The standard InChI is InChI=1S/C24H27ClN4O4/c1-24(18-7-3-2-4-8-18)22(31)29(23(32)26-24)17-21(30)28-13-11-27(12-14-28)15-16-33-20-10-6-5-9-19(20)25/h2-10H,11-17H2,1H3,(H,26,32). The van der Waals surface area contributed by atoms with Crippen LogP contribution in [0.4, 0.5) is 4.79 Å². The predicted molar refractivity (Wildman–Crippen MR) is 124 cm³/mol. The number of urea groups is 1. The highest BCUT2D eigenvalue weighted by Gasteiger charge is 2.49. The molecule has 2 heterocycles. The second-order valence-electron chi connectivity index (χ2n) is 8.31. The minimum absolute atomic E-state index is 0.234. The highest BCUT2D eigenvalue weighted by molar-refractivity contribution is 6.32. The molecule has 0 aromatic heterocycles. The highest BCUT2D eigenvalue weighted by Crippen LogP contribution is 2.28. The zero-order valence-corrected chi connectivity index (χ0v) is 19.3. The zero-order chi connectivity index (χ0) is 23.4. The third-order valence-electron chi connectivity index (χ3n) is 6.15. The summed E-state index contributed by atoms with van der Waals surface area (Å²) >= 11 is 6.10. The molecule has 0 radical (unpaired) electrons. The molecule has 8 nitrogen and oxygen atoms in total. The van der Waals surface area contributed by atoms with Crippen molar-refractivity contribution in [3.05, 3.63) is 65.2 Å². The first-order valence-electron chi connectivity index (χ1n) is 11.0. The number of hydrogen-bond donors (Lipinski definition) is 1. The molecule has 174 valence electrons. The molecule has 33 heavy (non-hydrogen) atoms. The number of hydrogen-bond acceptors (Lipinski definition) is 5. The average Bonchev–Trinajstić information content (AvgIpc) is 3.05. The number of imide groups is 1. The monoisotopic (exact) mass is 470 g/mol. The maximum Gasteiger partial charge on any atom is 0.325 e. The number of carbonyl (C=O) groups excluding carboxylic acids is 3. The maximum atomic E-state index is 13.0. The van der Waals surface area contributed by atoms with Crippen molar-refractivity contribution in [3.8, 4) is 5.75 Å². The van der Waals surface area contributed by atoms with Gasteiger partial charge in [-0.2, -0.15) is 0 Å². The third-order valence-corrected chi connectivity index (χ3v) is 6.46. The summed E-state index contributed by atoms with van der Waals surface area (Å²) in [5.41, 5.74) is -0.482. The number of para-hydroxylation sites is 1. The molecule has 2 aliphatic heterocycles. The molecule has 1 N–H and O–H groups in total. The van der Waals surface area contributed by atoms with Crippen LogP contribution < -0.4 is 10.1 Å². The van der Waals surface area contributed by atoms with Crippen molar-refractivity contribution >= 4 is 29.4 Å². The largest absolute Gasteiger partial charge is 0.491 e. The van der Waals surface area contributed by atoms with Gasteiger partial charge in [0.2, 0.25) is 5.91 Å². The minimum atomic E-state index is -1.17. The normalized spacial score (nSPS) is 21.3. The van der Waals surface area contributed by atoms with Gasteiger partial charge >= 0.3 is 6.03 Å². The van der Waals surface area contributed by atoms with Crippen LogP contribution in [0, 0.1) is 0 Å². The summed E-state index contributed by atoms with van der Waals surface area (Å²) in [6, 6.07) is 15.8. The van der Waals surface area contributed by atoms with E-state index < -0.39 is 17.5 Å². The van der Waals surface area contributed by atoms with Crippen LogP contribution in [0.5, 0.6) is 5.75 Å². The minimum Gasteiger partial charge on any atom is -0.491 e. The lowest BCUT2D eigenvalue weighted by molar-refractivity contribution is -0.139. The molecular formula is C24H27ClN4O4. The summed E-state index contributed by atoms with van der Waals surface area (Å²) in [7, 11) is 0. The molecule has 4 rings (SSSR count). The van der Waals surface area contributed by atoms with Crippen molar-refractivity contribution < 1.29 is 19.1 Å². The van der Waals surface area contributed by atoms with Gasteiger partial charge in [0.25, 0.3) is 5.91 Å². The van der Waals surface area contributed by atoms with Crippen LogP contribution in [-0.2, 0) is 15.1 Å². The molecule has 2 saturated heterocycles. The number of nitrogens with zero attached hydrogens (tertiary/aromatic N) is 3. The van der Waals surface area contributed by atoms with Crippen molar-refractivity contribution in [2.75, 3.05) is 45.9 Å². The molecule has 0 bridgehead atoms. The zero-order valence-electron chi connectivity index (χ0n) is 18.5. The second-order valence-corrected chi connectivity index (χ2v) is 8.72. The van der Waals surface area contributed by atoms with Crippen LogP contribution >= 0.6 is 11.6 Å². The van der Waals surface area contributed by atoms with Gasteiger partial charge in [-0.15, -0.1) is 0 Å². The van der Waals surface area contributed by atoms with E-state index in [1.165, 1.54) is 0 Å². The lowest BCUT2D eigenvalue weighted by atomic mass is 9.92. The summed E-state index contributed by atoms with van der Waals surface area (Å²) in [4.78, 5) is 43.3. The Kier molecular flexibility index (Phi) is 6.85. The molecule has 2 aromatic carbocycles. The van der Waals surface area contributed by atoms with Crippen LogP contribution in [0.15, 0.2) is 54.6 Å². The van der Waals surface area contributed by atoms with Crippen LogP contribution in [0.3, 0.4) is 0 Å². The average molecular weight is 471 g/mol. The molecule has 0 spiro atoms. The molecule has 2 fully saturated rings. The molecule has 2 aliphatic rings. The summed E-state index contributed by atoms with van der Waals surface area (Å²) in [5.74, 6) is 0.00854. The lowest BCUT2D eigenvalue weighted by Gasteiger charge is -2.35. The Bertz CT molecular complexity index is 1030. The van der Waals surface area contributed by atoms with Gasteiger partial charge in [0.15, 0.2) is 0 Å². The van der Waals surface area contributed by atoms with E-state index in [2.05, 4.69) is 10.2 Å². The number of benzene rings is 2. The van der Waals surface area contributed by atoms with Gasteiger partial charge in [0.1, 0.15) is 24.4 Å². The van der Waals surface area contributed by atoms with Gasteiger partial charge < -0.3 is 15.0 Å². The number of amides is 4. The van der Waals surface area contributed by atoms with Crippen LogP contribution in [0.2, 0.25) is 5.02 Å². The van der Waals surface area contributed by atoms with Crippen molar-refractivity contribution in [1.82, 2.24) is 20.0 Å². The number of nitrogens with one attached hydrogen (secondary N) is 1. The van der Waals surface area contributed by atoms with Gasteiger partial charge in [0.05, 0.1) is 5.02 Å². The van der Waals surface area contributed by atoms with Crippen molar-refractivity contribution in [3.63, 3.8) is 0 Å². The fourth-order valence-corrected chi connectivity index (χ4v) is 4.30. The van der Waals surface area contributed by atoms with E-state index in [9.17, 15) is 14.4 Å². The van der Waals surface area contributed by atoms with Gasteiger partial charge in [-0.25, -0.2) is 4.79 Å². The second kappa shape index (κ2) is 9.80. The predicted octanol–water partition coefficient (Wildman–Crippen LogP) is 2.33. The van der Waals surface area contributed by atoms with Crippen molar-refractivity contribution in [2.24, 2.45) is 0 Å². The quantitative estimate of drug-likeness (QED) is 0.628. The summed E-state index contributed by atoms with van der Waals surface area (Å²) < 4.78 is 5.74. The van der Waals surface area contributed by atoms with Crippen LogP contribution in [0.25, 0.3) is 0 Å². The van der Waals surface area contributed by atoms with Gasteiger partial charge in [-0.1, -0.05) is 54.1 Å². The molecule has 0 saturated carbocycles. The van der Waals surface area contributed by atoms with Crippen LogP contribution in [0.1, 0.15) is 12.5 Å². The number of halogens is 1. The topological polar surface area (TPSA) is 82.2 Å². The number of carbonyl (C=O) groups is 3. The van der Waals surface area contributed by atoms with Gasteiger partial charge in [-0.3, -0.25) is 19.4 Å². The molecule has 0 aliphatic carbocycles. The van der Waals surface area contributed by atoms with Crippen molar-refractivity contribution in [2.45, 2.75) is 12.5 Å². The number of ether oxygens (including phenoxy) is 1. The molecule has 9 heteroatoms. The SMILES string of the molecule is CC1(c2ccccc2)NC(=O)N(CC(=O)N2CCN(CCOc3ccccc3Cl)CC2)C1=O. The van der Waals surface area contributed by atoms with Crippen LogP contribution in [-0.4, -0.2) is 78.4 Å². The molecule has 2 aromatic rings. The van der Waals surface area contributed by atoms with Gasteiger partial charge in [0, 0.05) is 32.7 Å². The van der Waals surface area contributed by atoms with E-state index in [0.717, 1.165) is 11.4 Å².